The Bertz CT molecular complexity index is 494. The first-order valence-corrected chi connectivity index (χ1v) is 4.72. The van der Waals surface area contributed by atoms with Gasteiger partial charge < -0.3 is 5.21 Å². The Morgan fingerprint density at radius 3 is 2.56 bits per heavy atom. The predicted octanol–water partition coefficient (Wildman–Crippen LogP) is 2.48. The van der Waals surface area contributed by atoms with Crippen molar-refractivity contribution in [2.75, 3.05) is 0 Å². The molecule has 0 atom stereocenters. The Balaban J connectivity index is 2.28. The largest absolute Gasteiger partial charge is 0.618 e. The normalized spacial score (nSPS) is 11.4. The number of aromatic nitrogens is 1. The molecule has 0 amide bonds. The summed E-state index contributed by atoms with van der Waals surface area (Å²) in [5.74, 6) is -0.362. The van der Waals surface area contributed by atoms with E-state index in [1.54, 1.807) is 24.5 Å². The monoisotopic (exact) mass is 216 g/mol. The van der Waals surface area contributed by atoms with Crippen LogP contribution in [0.2, 0.25) is 0 Å². The molecule has 2 rings (SSSR count). The number of hydrogen-bond acceptors (Lipinski definition) is 2. The maximum atomic E-state index is 12.6. The highest BCUT2D eigenvalue weighted by molar-refractivity contribution is 5.75. The molecule has 0 aliphatic carbocycles. The minimum Gasteiger partial charge on any atom is -0.618 e. The van der Waals surface area contributed by atoms with E-state index in [0.29, 0.717) is 16.0 Å². The predicted molar refractivity (Wildman–Crippen MR) is 59.1 cm³/mol. The van der Waals surface area contributed by atoms with Gasteiger partial charge in [-0.05, 0) is 24.3 Å². The Morgan fingerprint density at radius 1 is 1.19 bits per heavy atom. The molecule has 0 aliphatic heterocycles. The lowest BCUT2D eigenvalue weighted by atomic mass is 10.3. The second-order valence-corrected chi connectivity index (χ2v) is 3.22. The summed E-state index contributed by atoms with van der Waals surface area (Å²) in [6.45, 7) is 0. The lowest BCUT2D eigenvalue weighted by Gasteiger charge is -2.02. The van der Waals surface area contributed by atoms with Crippen LogP contribution >= 0.6 is 0 Å². The van der Waals surface area contributed by atoms with Crippen molar-refractivity contribution in [3.05, 3.63) is 65.4 Å². The molecule has 0 saturated heterocycles. The zero-order valence-corrected chi connectivity index (χ0v) is 8.38. The molecule has 3 nitrogen and oxygen atoms in total. The molecular weight excluding hydrogens is 207 g/mol. The van der Waals surface area contributed by atoms with Gasteiger partial charge >= 0.3 is 0 Å². The van der Waals surface area contributed by atoms with E-state index in [0.717, 1.165) is 0 Å². The number of benzene rings is 1. The molecule has 0 unspecified atom stereocenters. The third-order valence-electron chi connectivity index (χ3n) is 2.03. The Morgan fingerprint density at radius 2 is 1.94 bits per heavy atom. The summed E-state index contributed by atoms with van der Waals surface area (Å²) in [4.78, 5) is 3.89. The maximum Gasteiger partial charge on any atom is 0.216 e. The van der Waals surface area contributed by atoms with Gasteiger partial charge in [0.05, 0.1) is 5.56 Å². The minimum atomic E-state index is -0.362. The zero-order chi connectivity index (χ0) is 11.4. The van der Waals surface area contributed by atoms with E-state index in [-0.39, 0.29) is 5.82 Å². The number of rotatable bonds is 2. The molecular formula is C12H9FN2O. The molecule has 80 valence electrons. The van der Waals surface area contributed by atoms with Gasteiger partial charge in [0.25, 0.3) is 0 Å². The van der Waals surface area contributed by atoms with Crippen LogP contribution in [0.4, 0.5) is 10.1 Å². The molecule has 0 N–H and O–H groups in total. The van der Waals surface area contributed by atoms with E-state index < -0.39 is 0 Å². The van der Waals surface area contributed by atoms with E-state index in [2.05, 4.69) is 4.98 Å². The van der Waals surface area contributed by atoms with Crippen molar-refractivity contribution in [3.8, 4) is 0 Å². The third kappa shape index (κ3) is 2.42. The third-order valence-corrected chi connectivity index (χ3v) is 2.03. The van der Waals surface area contributed by atoms with Crippen LogP contribution in [-0.2, 0) is 0 Å². The van der Waals surface area contributed by atoms with Gasteiger partial charge in [0.2, 0.25) is 5.69 Å². The summed E-state index contributed by atoms with van der Waals surface area (Å²) in [7, 11) is 0. The van der Waals surface area contributed by atoms with Crippen LogP contribution in [0.15, 0.2) is 48.8 Å². The molecule has 0 saturated carbocycles. The minimum absolute atomic E-state index is 0.362. The first-order chi connectivity index (χ1) is 7.75. The number of hydrogen-bond donors (Lipinski definition) is 0. The molecule has 1 aromatic carbocycles. The van der Waals surface area contributed by atoms with Crippen LogP contribution in [0.5, 0.6) is 0 Å². The van der Waals surface area contributed by atoms with Gasteiger partial charge in [0.15, 0.2) is 6.21 Å². The van der Waals surface area contributed by atoms with Crippen molar-refractivity contribution in [1.29, 1.82) is 0 Å². The summed E-state index contributed by atoms with van der Waals surface area (Å²) in [6, 6.07) is 8.85. The van der Waals surface area contributed by atoms with Crippen molar-refractivity contribution in [1.82, 2.24) is 4.98 Å². The average Bonchev–Trinajstić information content (AvgIpc) is 2.31. The van der Waals surface area contributed by atoms with Crippen molar-refractivity contribution in [3.63, 3.8) is 0 Å². The lowest BCUT2D eigenvalue weighted by molar-refractivity contribution is -0.354. The van der Waals surface area contributed by atoms with Crippen molar-refractivity contribution < 1.29 is 9.13 Å². The molecule has 2 aromatic rings. The van der Waals surface area contributed by atoms with E-state index in [9.17, 15) is 9.60 Å². The Labute approximate surface area is 92.1 Å². The standard InChI is InChI=1S/C12H9FN2O/c13-11-3-5-12(6-4-11)15(16)9-10-2-1-7-14-8-10/h1-9H. The van der Waals surface area contributed by atoms with E-state index in [4.69, 9.17) is 0 Å². The molecule has 1 heterocycles. The van der Waals surface area contributed by atoms with Crippen LogP contribution in [0.1, 0.15) is 5.56 Å². The second kappa shape index (κ2) is 4.53. The van der Waals surface area contributed by atoms with Crippen molar-refractivity contribution in [2.45, 2.75) is 0 Å². The Kier molecular flexibility index (Phi) is 2.91. The summed E-state index contributed by atoms with van der Waals surface area (Å²) < 4.78 is 13.3. The molecule has 0 radical (unpaired) electrons. The van der Waals surface area contributed by atoms with Crippen molar-refractivity contribution in [2.24, 2.45) is 0 Å². The Hall–Kier alpha value is -2.23. The number of nitrogens with zero attached hydrogens (tertiary/aromatic N) is 2. The second-order valence-electron chi connectivity index (χ2n) is 3.22. The van der Waals surface area contributed by atoms with Gasteiger partial charge in [0, 0.05) is 24.5 Å². The summed E-state index contributed by atoms with van der Waals surface area (Å²) in [5, 5.41) is 11.6. The van der Waals surface area contributed by atoms with E-state index in [1.165, 1.54) is 30.5 Å². The smallest absolute Gasteiger partial charge is 0.216 e. The van der Waals surface area contributed by atoms with Crippen LogP contribution in [0.3, 0.4) is 0 Å². The van der Waals surface area contributed by atoms with Crippen molar-refractivity contribution >= 4 is 11.9 Å². The number of pyridine rings is 1. The zero-order valence-electron chi connectivity index (χ0n) is 8.38. The first kappa shape index (κ1) is 10.3. The van der Waals surface area contributed by atoms with Gasteiger partial charge in [-0.3, -0.25) is 4.98 Å². The van der Waals surface area contributed by atoms with Gasteiger partial charge in [0.1, 0.15) is 5.82 Å². The van der Waals surface area contributed by atoms with Crippen LogP contribution in [0.25, 0.3) is 0 Å². The first-order valence-electron chi connectivity index (χ1n) is 4.72. The molecule has 1 aromatic heterocycles. The highest BCUT2D eigenvalue weighted by atomic mass is 19.1. The fourth-order valence-electron chi connectivity index (χ4n) is 1.25. The number of halogens is 1. The van der Waals surface area contributed by atoms with Gasteiger partial charge in [-0.15, -0.1) is 0 Å². The highest BCUT2D eigenvalue weighted by Gasteiger charge is 2.01. The molecule has 4 heteroatoms. The lowest BCUT2D eigenvalue weighted by Crippen LogP contribution is -1.98. The van der Waals surface area contributed by atoms with Gasteiger partial charge in [-0.2, -0.15) is 4.74 Å². The molecule has 0 bridgehead atoms. The molecule has 0 spiro atoms. The van der Waals surface area contributed by atoms with Crippen LogP contribution in [-0.4, -0.2) is 15.9 Å². The SMILES string of the molecule is [O-][N+](=Cc1cccnc1)c1ccc(F)cc1. The quantitative estimate of drug-likeness (QED) is 0.335. The topological polar surface area (TPSA) is 39.0 Å². The fourth-order valence-corrected chi connectivity index (χ4v) is 1.25. The average molecular weight is 216 g/mol. The summed E-state index contributed by atoms with van der Waals surface area (Å²) >= 11 is 0. The molecule has 16 heavy (non-hydrogen) atoms. The highest BCUT2D eigenvalue weighted by Crippen LogP contribution is 2.11. The molecule has 0 aliphatic rings. The van der Waals surface area contributed by atoms with Crippen LogP contribution < -0.4 is 0 Å². The fraction of sp³-hybridized carbons (Fsp3) is 0. The van der Waals surface area contributed by atoms with E-state index in [1.807, 2.05) is 0 Å². The summed E-state index contributed by atoms with van der Waals surface area (Å²) in [6.07, 6.45) is 4.60. The van der Waals surface area contributed by atoms with Gasteiger partial charge in [-0.25, -0.2) is 4.39 Å². The molecule has 0 fully saturated rings. The maximum absolute atomic E-state index is 12.6. The van der Waals surface area contributed by atoms with E-state index >= 15 is 0 Å². The van der Waals surface area contributed by atoms with Crippen LogP contribution in [0, 0.1) is 11.0 Å². The summed E-state index contributed by atoms with van der Waals surface area (Å²) in [5.41, 5.74) is 1.08. The van der Waals surface area contributed by atoms with Gasteiger partial charge in [-0.1, -0.05) is 0 Å².